The molecule has 120 valence electrons. The average molecular weight is 317 g/mol. The number of hydrogen-bond acceptors (Lipinski definition) is 3. The quantitative estimate of drug-likeness (QED) is 0.926. The maximum absolute atomic E-state index is 13.4. The number of piperazine rings is 1. The molecular weight excluding hydrogens is 291 g/mol. The molecule has 0 bridgehead atoms. The molecule has 0 radical (unpaired) electrons. The molecule has 2 rings (SSSR count). The van der Waals surface area contributed by atoms with Gasteiger partial charge in [0, 0.05) is 43.9 Å². The third-order valence-corrected chi connectivity index (χ3v) is 3.83. The molecule has 0 aromatic heterocycles. The van der Waals surface area contributed by atoms with Gasteiger partial charge in [-0.3, -0.25) is 4.90 Å². The van der Waals surface area contributed by atoms with Gasteiger partial charge in [0.05, 0.1) is 7.11 Å². The molecule has 0 unspecified atom stereocenters. The van der Waals surface area contributed by atoms with Crippen LogP contribution in [0.5, 0.6) is 5.75 Å². The number of nitrogens with one attached hydrogen (secondary N) is 1. The summed E-state index contributed by atoms with van der Waals surface area (Å²) in [6.45, 7) is 10.7. The Kier molecular flexibility index (Phi) is 6.44. The monoisotopic (exact) mass is 316 g/mol. The van der Waals surface area contributed by atoms with E-state index in [1.54, 1.807) is 7.11 Å². The van der Waals surface area contributed by atoms with Crippen LogP contribution in [0.1, 0.15) is 32.4 Å². The molecule has 0 amide bonds. The lowest BCUT2D eigenvalue weighted by atomic mass is 9.80. The fraction of sp³-hybridized carbons (Fsp3) is 0.625. The van der Waals surface area contributed by atoms with Crippen LogP contribution in [0, 0.1) is 11.2 Å². The Hall–Kier alpha value is -0.840. The van der Waals surface area contributed by atoms with E-state index in [9.17, 15) is 4.39 Å². The van der Waals surface area contributed by atoms with Crippen LogP contribution in [0.3, 0.4) is 0 Å². The Morgan fingerprint density at radius 1 is 1.24 bits per heavy atom. The number of rotatable bonds is 3. The van der Waals surface area contributed by atoms with E-state index in [0.717, 1.165) is 31.7 Å². The summed E-state index contributed by atoms with van der Waals surface area (Å²) in [5.41, 5.74) is 1.13. The van der Waals surface area contributed by atoms with Crippen LogP contribution in [0.15, 0.2) is 18.2 Å². The number of nitrogens with zero attached hydrogens (tertiary/aromatic N) is 1. The van der Waals surface area contributed by atoms with Gasteiger partial charge < -0.3 is 10.1 Å². The highest BCUT2D eigenvalue weighted by atomic mass is 35.5. The molecule has 5 heteroatoms. The van der Waals surface area contributed by atoms with Crippen LogP contribution in [-0.4, -0.2) is 38.2 Å². The van der Waals surface area contributed by atoms with Gasteiger partial charge >= 0.3 is 0 Å². The van der Waals surface area contributed by atoms with Crippen molar-refractivity contribution in [2.24, 2.45) is 5.41 Å². The van der Waals surface area contributed by atoms with Gasteiger partial charge in [0.15, 0.2) is 0 Å². The van der Waals surface area contributed by atoms with E-state index >= 15 is 0 Å². The lowest BCUT2D eigenvalue weighted by Crippen LogP contribution is -2.48. The number of methoxy groups -OCH3 is 1. The highest BCUT2D eigenvalue weighted by Crippen LogP contribution is 2.42. The number of ether oxygens (including phenoxy) is 1. The number of hydrogen-bond donors (Lipinski definition) is 1. The Bertz CT molecular complexity index is 456. The van der Waals surface area contributed by atoms with Gasteiger partial charge in [-0.15, -0.1) is 12.4 Å². The zero-order valence-electron chi connectivity index (χ0n) is 13.3. The molecule has 1 fully saturated rings. The van der Waals surface area contributed by atoms with Crippen LogP contribution in [-0.2, 0) is 0 Å². The largest absolute Gasteiger partial charge is 0.496 e. The fourth-order valence-electron chi connectivity index (χ4n) is 3.06. The molecule has 1 aliphatic rings. The minimum atomic E-state index is -0.251. The van der Waals surface area contributed by atoms with E-state index in [4.69, 9.17) is 4.74 Å². The van der Waals surface area contributed by atoms with E-state index in [0.29, 0.717) is 5.75 Å². The molecule has 1 saturated heterocycles. The molecule has 1 aliphatic heterocycles. The first-order valence-corrected chi connectivity index (χ1v) is 7.21. The Balaban J connectivity index is 0.00000220. The minimum Gasteiger partial charge on any atom is -0.496 e. The predicted molar refractivity (Wildman–Crippen MR) is 86.8 cm³/mol. The smallest absolute Gasteiger partial charge is 0.126 e. The molecule has 1 heterocycles. The van der Waals surface area contributed by atoms with Crippen LogP contribution in [0.25, 0.3) is 0 Å². The summed E-state index contributed by atoms with van der Waals surface area (Å²) in [5.74, 6) is 0.391. The molecule has 0 aliphatic carbocycles. The van der Waals surface area contributed by atoms with Crippen molar-refractivity contribution in [1.29, 1.82) is 0 Å². The molecule has 21 heavy (non-hydrogen) atoms. The molecule has 3 nitrogen and oxygen atoms in total. The summed E-state index contributed by atoms with van der Waals surface area (Å²) >= 11 is 0. The zero-order valence-corrected chi connectivity index (χ0v) is 14.1. The summed E-state index contributed by atoms with van der Waals surface area (Å²) in [4.78, 5) is 2.46. The average Bonchev–Trinajstić information content (AvgIpc) is 2.40. The van der Waals surface area contributed by atoms with Crippen LogP contribution < -0.4 is 10.1 Å². The second-order valence-electron chi connectivity index (χ2n) is 6.44. The molecule has 1 atom stereocenters. The van der Waals surface area contributed by atoms with Crippen molar-refractivity contribution >= 4 is 12.4 Å². The van der Waals surface area contributed by atoms with Crippen molar-refractivity contribution in [3.63, 3.8) is 0 Å². The summed E-state index contributed by atoms with van der Waals surface area (Å²) in [5, 5.41) is 3.38. The maximum atomic E-state index is 13.4. The summed E-state index contributed by atoms with van der Waals surface area (Å²) < 4.78 is 18.8. The molecule has 1 N–H and O–H groups in total. The number of benzene rings is 1. The van der Waals surface area contributed by atoms with Gasteiger partial charge in [0.25, 0.3) is 0 Å². The molecular formula is C16H26ClFN2O. The Morgan fingerprint density at radius 3 is 2.38 bits per heavy atom. The van der Waals surface area contributed by atoms with Crippen molar-refractivity contribution in [2.45, 2.75) is 26.8 Å². The highest BCUT2D eigenvalue weighted by molar-refractivity contribution is 5.85. The van der Waals surface area contributed by atoms with E-state index in [1.165, 1.54) is 12.1 Å². The van der Waals surface area contributed by atoms with Gasteiger partial charge in [0.2, 0.25) is 0 Å². The predicted octanol–water partition coefficient (Wildman–Crippen LogP) is 3.25. The summed E-state index contributed by atoms with van der Waals surface area (Å²) in [6, 6.07) is 5.10. The van der Waals surface area contributed by atoms with Gasteiger partial charge in [-0.05, 0) is 11.5 Å². The first-order chi connectivity index (χ1) is 9.43. The first kappa shape index (κ1) is 18.2. The normalized spacial score (nSPS) is 18.0. The van der Waals surface area contributed by atoms with Crippen LogP contribution in [0.4, 0.5) is 4.39 Å². The van der Waals surface area contributed by atoms with E-state index in [1.807, 2.05) is 6.07 Å². The third-order valence-electron chi connectivity index (χ3n) is 3.83. The van der Waals surface area contributed by atoms with E-state index in [2.05, 4.69) is 31.0 Å². The number of halogens is 2. The molecule has 1 aromatic rings. The minimum absolute atomic E-state index is 0. The van der Waals surface area contributed by atoms with E-state index < -0.39 is 0 Å². The highest BCUT2D eigenvalue weighted by Gasteiger charge is 2.34. The summed E-state index contributed by atoms with van der Waals surface area (Å²) in [7, 11) is 1.61. The first-order valence-electron chi connectivity index (χ1n) is 7.21. The zero-order chi connectivity index (χ0) is 14.8. The van der Waals surface area contributed by atoms with Gasteiger partial charge in [-0.2, -0.15) is 0 Å². The maximum Gasteiger partial charge on any atom is 0.126 e. The standard InChI is InChI=1S/C16H25FN2O.ClH/c1-16(2,3)15(19-9-7-18-8-10-19)13-6-5-12(17)11-14(13)20-4;/h5-6,11,15,18H,7-10H2,1-4H3;1H/t15-;/m1./s1. The SMILES string of the molecule is COc1cc(F)ccc1[C@@H](N1CCNCC1)C(C)(C)C.Cl. The van der Waals surface area contributed by atoms with Crippen molar-refractivity contribution in [2.75, 3.05) is 33.3 Å². The molecule has 0 saturated carbocycles. The van der Waals surface area contributed by atoms with Crippen molar-refractivity contribution < 1.29 is 9.13 Å². The van der Waals surface area contributed by atoms with Gasteiger partial charge in [0.1, 0.15) is 11.6 Å². The lowest BCUT2D eigenvalue weighted by molar-refractivity contribution is 0.0841. The summed E-state index contributed by atoms with van der Waals surface area (Å²) in [6.07, 6.45) is 0. The fourth-order valence-corrected chi connectivity index (χ4v) is 3.06. The van der Waals surface area contributed by atoms with Crippen molar-refractivity contribution in [3.05, 3.63) is 29.6 Å². The molecule has 1 aromatic carbocycles. The second kappa shape index (κ2) is 7.43. The molecule has 0 spiro atoms. The van der Waals surface area contributed by atoms with Crippen LogP contribution in [0.2, 0.25) is 0 Å². The Morgan fingerprint density at radius 2 is 1.86 bits per heavy atom. The lowest BCUT2D eigenvalue weighted by Gasteiger charge is -2.43. The topological polar surface area (TPSA) is 24.5 Å². The third kappa shape index (κ3) is 4.31. The Labute approximate surface area is 133 Å². The van der Waals surface area contributed by atoms with Crippen molar-refractivity contribution in [1.82, 2.24) is 10.2 Å². The van der Waals surface area contributed by atoms with Gasteiger partial charge in [-0.25, -0.2) is 4.39 Å². The van der Waals surface area contributed by atoms with E-state index in [-0.39, 0.29) is 29.7 Å². The van der Waals surface area contributed by atoms with Gasteiger partial charge in [-0.1, -0.05) is 26.8 Å². The van der Waals surface area contributed by atoms with Crippen LogP contribution >= 0.6 is 12.4 Å². The second-order valence-corrected chi connectivity index (χ2v) is 6.44. The van der Waals surface area contributed by atoms with Crippen molar-refractivity contribution in [3.8, 4) is 5.75 Å².